The van der Waals surface area contributed by atoms with E-state index in [9.17, 15) is 13.2 Å². The van der Waals surface area contributed by atoms with Crippen molar-refractivity contribution in [2.24, 2.45) is 0 Å². The van der Waals surface area contributed by atoms with Gasteiger partial charge in [0, 0.05) is 34.2 Å². The second-order valence-electron chi connectivity index (χ2n) is 6.97. The zero-order valence-corrected chi connectivity index (χ0v) is 16.9. The summed E-state index contributed by atoms with van der Waals surface area (Å²) < 4.78 is 45.4. The van der Waals surface area contributed by atoms with Gasteiger partial charge in [-0.05, 0) is 54.6 Å². The number of anilines is 1. The van der Waals surface area contributed by atoms with E-state index >= 15 is 0 Å². The molecule has 1 aromatic heterocycles. The lowest BCUT2D eigenvalue weighted by Crippen LogP contribution is -2.42. The maximum atomic E-state index is 13.8. The summed E-state index contributed by atoms with van der Waals surface area (Å²) in [6.07, 6.45) is -2.68. The van der Waals surface area contributed by atoms with Gasteiger partial charge in [-0.15, -0.1) is 0 Å². The van der Waals surface area contributed by atoms with Crippen LogP contribution in [0.1, 0.15) is 16.7 Å². The number of hydrogen-bond acceptors (Lipinski definition) is 4. The molecule has 0 saturated carbocycles. The summed E-state index contributed by atoms with van der Waals surface area (Å²) in [5.41, 5.74) is 9.62. The highest BCUT2D eigenvalue weighted by Gasteiger charge is 2.40. The summed E-state index contributed by atoms with van der Waals surface area (Å²) in [5, 5.41) is 9.81. The third-order valence-corrected chi connectivity index (χ3v) is 5.83. The first-order valence-corrected chi connectivity index (χ1v) is 9.82. The fraction of sp³-hybridized carbons (Fsp3) is 0.286. The van der Waals surface area contributed by atoms with Crippen molar-refractivity contribution in [3.05, 3.63) is 59.3 Å². The fourth-order valence-corrected chi connectivity index (χ4v) is 4.23. The molecule has 3 rings (SSSR count). The van der Waals surface area contributed by atoms with Crippen molar-refractivity contribution in [1.29, 1.82) is 5.26 Å². The lowest BCUT2D eigenvalue weighted by molar-refractivity contribution is -0.153. The van der Waals surface area contributed by atoms with Crippen LogP contribution in [0.2, 0.25) is 0 Å². The maximum Gasteiger partial charge on any atom is 0.406 e. The third-order valence-electron chi connectivity index (χ3n) is 4.67. The number of nitriles is 1. The maximum absolute atomic E-state index is 13.8. The Bertz CT molecular complexity index is 1040. The average Bonchev–Trinajstić information content (AvgIpc) is 2.97. The number of alkyl halides is 3. The first-order chi connectivity index (χ1) is 13.7. The molecule has 0 fully saturated rings. The quantitative estimate of drug-likeness (QED) is 0.430. The van der Waals surface area contributed by atoms with E-state index in [2.05, 4.69) is 10.8 Å². The van der Waals surface area contributed by atoms with Crippen molar-refractivity contribution in [2.75, 3.05) is 5.73 Å². The van der Waals surface area contributed by atoms with E-state index in [0.29, 0.717) is 16.1 Å². The fourth-order valence-electron chi connectivity index (χ4n) is 3.36. The van der Waals surface area contributed by atoms with E-state index < -0.39 is 12.2 Å². The molecule has 4 nitrogen and oxygen atoms in total. The van der Waals surface area contributed by atoms with Crippen molar-refractivity contribution in [2.45, 2.75) is 43.9 Å². The van der Waals surface area contributed by atoms with Gasteiger partial charge in [0.2, 0.25) is 0 Å². The van der Waals surface area contributed by atoms with Gasteiger partial charge < -0.3 is 10.3 Å². The van der Waals surface area contributed by atoms with Gasteiger partial charge >= 0.3 is 6.18 Å². The minimum Gasteiger partial charge on any atom is -0.398 e. The highest BCUT2D eigenvalue weighted by atomic mass is 32.2. The number of hydrogen-bond donors (Lipinski definition) is 2. The van der Waals surface area contributed by atoms with Crippen LogP contribution in [0.25, 0.3) is 10.9 Å². The van der Waals surface area contributed by atoms with Gasteiger partial charge in [0.1, 0.15) is 6.04 Å². The van der Waals surface area contributed by atoms with E-state index in [4.69, 9.17) is 11.0 Å². The first kappa shape index (κ1) is 21.1. The number of nitrogens with two attached hydrogens (primary N) is 1. The Kier molecular flexibility index (Phi) is 6.10. The normalized spacial score (nSPS) is 12.8. The van der Waals surface area contributed by atoms with Crippen molar-refractivity contribution >= 4 is 28.5 Å². The predicted molar refractivity (Wildman–Crippen MR) is 110 cm³/mol. The van der Waals surface area contributed by atoms with Gasteiger partial charge in [-0.1, -0.05) is 24.3 Å². The van der Waals surface area contributed by atoms with Crippen LogP contribution >= 0.6 is 11.9 Å². The number of nitrogens with one attached hydrogen (secondary N) is 1. The minimum absolute atomic E-state index is 0.144. The molecule has 1 atom stereocenters. The number of halogens is 3. The van der Waals surface area contributed by atoms with E-state index in [1.807, 2.05) is 32.0 Å². The monoisotopic (exact) mass is 418 g/mol. The zero-order valence-electron chi connectivity index (χ0n) is 16.0. The van der Waals surface area contributed by atoms with Gasteiger partial charge in [0.25, 0.3) is 0 Å². The molecule has 29 heavy (non-hydrogen) atoms. The van der Waals surface area contributed by atoms with Crippen molar-refractivity contribution < 1.29 is 13.2 Å². The van der Waals surface area contributed by atoms with E-state index in [1.165, 1.54) is 0 Å². The molecule has 2 aromatic carbocycles. The molecular weight excluding hydrogens is 397 g/mol. The van der Waals surface area contributed by atoms with Crippen LogP contribution in [0.4, 0.5) is 18.9 Å². The predicted octanol–water partition coefficient (Wildman–Crippen LogP) is 5.13. The molecule has 0 radical (unpaired) electrons. The van der Waals surface area contributed by atoms with Crippen molar-refractivity contribution in [3.63, 3.8) is 0 Å². The SMILES string of the molecule is Cc1cc(C)c(SNC(Cn2cc(CC#N)c3ccccc32)C(F)(F)F)c(N)c1. The Labute approximate surface area is 171 Å². The second-order valence-corrected chi connectivity index (χ2v) is 7.82. The highest BCUT2D eigenvalue weighted by Crippen LogP contribution is 2.32. The summed E-state index contributed by atoms with van der Waals surface area (Å²) in [6, 6.07) is 11.1. The Morgan fingerprint density at radius 3 is 2.62 bits per heavy atom. The van der Waals surface area contributed by atoms with Crippen LogP contribution < -0.4 is 10.5 Å². The summed E-state index contributed by atoms with van der Waals surface area (Å²) >= 11 is 0.898. The number of nitrogens with zero attached hydrogens (tertiary/aromatic N) is 2. The number of rotatable bonds is 6. The molecule has 3 N–H and O–H groups in total. The summed E-state index contributed by atoms with van der Waals surface area (Å²) in [4.78, 5) is 0.590. The summed E-state index contributed by atoms with van der Waals surface area (Å²) in [5.74, 6) is 0. The van der Waals surface area contributed by atoms with Crippen molar-refractivity contribution in [3.8, 4) is 6.07 Å². The van der Waals surface area contributed by atoms with Gasteiger partial charge in [0.05, 0.1) is 12.5 Å². The minimum atomic E-state index is -4.46. The number of fused-ring (bicyclic) bond motifs is 1. The zero-order chi connectivity index (χ0) is 21.2. The summed E-state index contributed by atoms with van der Waals surface area (Å²) in [7, 11) is 0. The van der Waals surface area contributed by atoms with Crippen LogP contribution in [0.3, 0.4) is 0 Å². The molecule has 1 heterocycles. The standard InChI is InChI=1S/C21H21F3N4S/c1-13-9-14(2)20(17(26)10-13)29-27-19(21(22,23)24)12-28-11-15(7-8-25)16-5-3-4-6-18(16)28/h3-6,9-11,19,27H,7,12,26H2,1-2H3. The molecule has 152 valence electrons. The third kappa shape index (κ3) is 4.69. The second kappa shape index (κ2) is 8.39. The van der Waals surface area contributed by atoms with Crippen LogP contribution in [0, 0.1) is 25.2 Å². The Morgan fingerprint density at radius 1 is 1.24 bits per heavy atom. The molecule has 0 saturated heterocycles. The Hall–Kier alpha value is -2.63. The van der Waals surface area contributed by atoms with Gasteiger partial charge in [-0.2, -0.15) is 18.4 Å². The highest BCUT2D eigenvalue weighted by molar-refractivity contribution is 7.97. The number of aryl methyl sites for hydroxylation is 2. The molecule has 0 spiro atoms. The molecular formula is C21H21F3N4S. The molecule has 3 aromatic rings. The lowest BCUT2D eigenvalue weighted by Gasteiger charge is -2.23. The van der Waals surface area contributed by atoms with Gasteiger partial charge in [-0.25, -0.2) is 4.72 Å². The molecule has 1 unspecified atom stereocenters. The largest absolute Gasteiger partial charge is 0.406 e. The molecule has 0 aliphatic rings. The number of benzene rings is 2. The van der Waals surface area contributed by atoms with Crippen LogP contribution in [0.5, 0.6) is 0 Å². The number of para-hydroxylation sites is 1. The van der Waals surface area contributed by atoms with E-state index in [0.717, 1.165) is 34.0 Å². The van der Waals surface area contributed by atoms with E-state index in [1.54, 1.807) is 29.0 Å². The van der Waals surface area contributed by atoms with Crippen LogP contribution in [-0.2, 0) is 13.0 Å². The summed E-state index contributed by atoms with van der Waals surface area (Å²) in [6.45, 7) is 3.40. The molecule has 0 amide bonds. The number of aromatic nitrogens is 1. The average molecular weight is 418 g/mol. The molecule has 0 aliphatic heterocycles. The first-order valence-electron chi connectivity index (χ1n) is 9.00. The van der Waals surface area contributed by atoms with Crippen LogP contribution in [0.15, 0.2) is 47.5 Å². The van der Waals surface area contributed by atoms with Crippen molar-refractivity contribution in [1.82, 2.24) is 9.29 Å². The topological polar surface area (TPSA) is 66.8 Å². The molecule has 8 heteroatoms. The van der Waals surface area contributed by atoms with Crippen LogP contribution in [-0.4, -0.2) is 16.8 Å². The van der Waals surface area contributed by atoms with E-state index in [-0.39, 0.29) is 13.0 Å². The number of nitrogen functional groups attached to an aromatic ring is 1. The molecule has 0 bridgehead atoms. The molecule has 0 aliphatic carbocycles. The Morgan fingerprint density at radius 2 is 1.97 bits per heavy atom. The van der Waals surface area contributed by atoms with Gasteiger partial charge in [0.15, 0.2) is 0 Å². The lowest BCUT2D eigenvalue weighted by atomic mass is 10.1. The van der Waals surface area contributed by atoms with Gasteiger partial charge in [-0.3, -0.25) is 0 Å². The smallest absolute Gasteiger partial charge is 0.398 e. The Balaban J connectivity index is 1.88.